The predicted molar refractivity (Wildman–Crippen MR) is 72.4 cm³/mol. The molecule has 0 radical (unpaired) electrons. The summed E-state index contributed by atoms with van der Waals surface area (Å²) in [5.41, 5.74) is 1.73. The monoisotopic (exact) mass is 303 g/mol. The molecule has 2 nitrogen and oxygen atoms in total. The van der Waals surface area contributed by atoms with Gasteiger partial charge in [0.1, 0.15) is 0 Å². The molecule has 1 unspecified atom stereocenters. The first kappa shape index (κ1) is 13.5. The third-order valence-electron chi connectivity index (χ3n) is 2.22. The molecule has 0 aromatic heterocycles. The van der Waals surface area contributed by atoms with Gasteiger partial charge < -0.3 is 5.32 Å². The lowest BCUT2D eigenvalue weighted by Crippen LogP contribution is -2.27. The lowest BCUT2D eigenvalue weighted by Gasteiger charge is -2.14. The third-order valence-corrected chi connectivity index (χ3v) is 4.00. The van der Waals surface area contributed by atoms with E-state index in [1.54, 1.807) is 0 Å². The third kappa shape index (κ3) is 3.49. The zero-order valence-electron chi connectivity index (χ0n) is 9.55. The largest absolute Gasteiger partial charge is 0.324 e. The molecule has 0 saturated heterocycles. The van der Waals surface area contributed by atoms with Gasteiger partial charge >= 0.3 is 0 Å². The van der Waals surface area contributed by atoms with Crippen molar-refractivity contribution in [2.45, 2.75) is 25.6 Å². The second-order valence-corrected chi connectivity index (χ2v) is 5.51. The number of hydrogen-bond donors (Lipinski definition) is 1. The van der Waals surface area contributed by atoms with Gasteiger partial charge in [0, 0.05) is 0 Å². The van der Waals surface area contributed by atoms with Crippen LogP contribution in [0.15, 0.2) is 18.2 Å². The maximum absolute atomic E-state index is 11.8. The molecule has 16 heavy (non-hydrogen) atoms. The molecule has 0 bridgehead atoms. The van der Waals surface area contributed by atoms with E-state index in [-0.39, 0.29) is 16.7 Å². The number of halogens is 2. The predicted octanol–water partition coefficient (Wildman–Crippen LogP) is 4.01. The van der Waals surface area contributed by atoms with E-state index >= 15 is 0 Å². The van der Waals surface area contributed by atoms with Gasteiger partial charge in [0.15, 0.2) is 0 Å². The highest BCUT2D eigenvalue weighted by molar-refractivity contribution is 9.10. The van der Waals surface area contributed by atoms with Gasteiger partial charge in [-0.2, -0.15) is 0 Å². The van der Waals surface area contributed by atoms with Crippen molar-refractivity contribution in [3.05, 3.63) is 28.8 Å². The highest BCUT2D eigenvalue weighted by Crippen LogP contribution is 2.24. The van der Waals surface area contributed by atoms with Crippen LogP contribution in [0.2, 0.25) is 5.02 Å². The Morgan fingerprint density at radius 2 is 2.06 bits per heavy atom. The van der Waals surface area contributed by atoms with Gasteiger partial charge in [-0.05, 0) is 30.5 Å². The normalized spacial score (nSPS) is 12.6. The molecule has 0 spiro atoms. The van der Waals surface area contributed by atoms with Crippen molar-refractivity contribution >= 4 is 39.1 Å². The lowest BCUT2D eigenvalue weighted by molar-refractivity contribution is -0.116. The highest BCUT2D eigenvalue weighted by atomic mass is 79.9. The number of benzene rings is 1. The van der Waals surface area contributed by atoms with Crippen LogP contribution in [0.1, 0.15) is 19.4 Å². The van der Waals surface area contributed by atoms with Gasteiger partial charge in [0.25, 0.3) is 0 Å². The molecule has 1 atom stereocenters. The fraction of sp³-hybridized carbons (Fsp3) is 0.417. The maximum Gasteiger partial charge on any atom is 0.238 e. The summed E-state index contributed by atoms with van der Waals surface area (Å²) in [5.74, 6) is 0.171. The topological polar surface area (TPSA) is 29.1 Å². The first-order chi connectivity index (χ1) is 7.41. The Hall–Kier alpha value is -0.540. The standard InChI is InChI=1S/C12H15BrClNO/c1-7(2)11(13)12(16)15-10-5-4-8(3)6-9(10)14/h4-7,11H,1-3H3,(H,15,16). The minimum Gasteiger partial charge on any atom is -0.324 e. The Balaban J connectivity index is 2.77. The van der Waals surface area contributed by atoms with Crippen LogP contribution in [0.5, 0.6) is 0 Å². The van der Waals surface area contributed by atoms with Crippen LogP contribution >= 0.6 is 27.5 Å². The molecule has 4 heteroatoms. The van der Waals surface area contributed by atoms with E-state index in [9.17, 15) is 4.79 Å². The fourth-order valence-corrected chi connectivity index (χ4v) is 1.62. The molecular formula is C12H15BrClNO. The summed E-state index contributed by atoms with van der Waals surface area (Å²) >= 11 is 9.38. The molecule has 0 aliphatic carbocycles. The number of carbonyl (C=O) groups is 1. The molecule has 1 aromatic rings. The fourth-order valence-electron chi connectivity index (χ4n) is 1.23. The van der Waals surface area contributed by atoms with E-state index in [1.807, 2.05) is 39.0 Å². The summed E-state index contributed by atoms with van der Waals surface area (Å²) in [6.45, 7) is 5.92. The van der Waals surface area contributed by atoms with Crippen molar-refractivity contribution in [2.75, 3.05) is 5.32 Å². The van der Waals surface area contributed by atoms with Crippen molar-refractivity contribution < 1.29 is 4.79 Å². The highest BCUT2D eigenvalue weighted by Gasteiger charge is 2.19. The molecular weight excluding hydrogens is 289 g/mol. The second-order valence-electron chi connectivity index (χ2n) is 4.12. The van der Waals surface area contributed by atoms with E-state index in [1.165, 1.54) is 0 Å². The summed E-state index contributed by atoms with van der Waals surface area (Å²) in [4.78, 5) is 11.6. The van der Waals surface area contributed by atoms with Crippen molar-refractivity contribution in [1.82, 2.24) is 0 Å². The number of hydrogen-bond acceptors (Lipinski definition) is 1. The Bertz CT molecular complexity index is 393. The lowest BCUT2D eigenvalue weighted by atomic mass is 10.1. The SMILES string of the molecule is Cc1ccc(NC(=O)C(Br)C(C)C)c(Cl)c1. The Kier molecular flexibility index (Phi) is 4.81. The molecule has 1 rings (SSSR count). The zero-order chi connectivity index (χ0) is 12.3. The van der Waals surface area contributed by atoms with Gasteiger partial charge in [0.05, 0.1) is 15.5 Å². The maximum atomic E-state index is 11.8. The Morgan fingerprint density at radius 3 is 2.56 bits per heavy atom. The van der Waals surface area contributed by atoms with Gasteiger partial charge in [-0.1, -0.05) is 47.4 Å². The molecule has 0 aliphatic rings. The Labute approximate surface area is 110 Å². The van der Waals surface area contributed by atoms with Crippen molar-refractivity contribution in [1.29, 1.82) is 0 Å². The number of anilines is 1. The van der Waals surface area contributed by atoms with Crippen LogP contribution in [0.3, 0.4) is 0 Å². The van der Waals surface area contributed by atoms with Crippen LogP contribution in [0.4, 0.5) is 5.69 Å². The second kappa shape index (κ2) is 5.69. The zero-order valence-corrected chi connectivity index (χ0v) is 11.9. The van der Waals surface area contributed by atoms with Crippen molar-refractivity contribution in [3.8, 4) is 0 Å². The first-order valence-corrected chi connectivity index (χ1v) is 6.42. The van der Waals surface area contributed by atoms with Crippen molar-refractivity contribution in [2.24, 2.45) is 5.92 Å². The number of aryl methyl sites for hydroxylation is 1. The smallest absolute Gasteiger partial charge is 0.238 e. The van der Waals surface area contributed by atoms with E-state index in [0.29, 0.717) is 10.7 Å². The number of nitrogens with one attached hydrogen (secondary N) is 1. The first-order valence-electron chi connectivity index (χ1n) is 5.13. The summed E-state index contributed by atoms with van der Waals surface area (Å²) in [6.07, 6.45) is 0. The van der Waals surface area contributed by atoms with Gasteiger partial charge in [-0.3, -0.25) is 4.79 Å². The summed E-state index contributed by atoms with van der Waals surface area (Å²) in [6, 6.07) is 5.56. The van der Waals surface area contributed by atoms with Crippen LogP contribution < -0.4 is 5.32 Å². The Morgan fingerprint density at radius 1 is 1.44 bits per heavy atom. The molecule has 0 saturated carbocycles. The van der Waals surface area contributed by atoms with E-state index < -0.39 is 0 Å². The van der Waals surface area contributed by atoms with Crippen LogP contribution in [0, 0.1) is 12.8 Å². The number of rotatable bonds is 3. The minimum atomic E-state index is -0.204. The molecule has 88 valence electrons. The molecule has 0 heterocycles. The van der Waals surface area contributed by atoms with Gasteiger partial charge in [-0.25, -0.2) is 0 Å². The molecule has 1 N–H and O–H groups in total. The molecule has 1 amide bonds. The number of amides is 1. The van der Waals surface area contributed by atoms with Gasteiger partial charge in [0.2, 0.25) is 5.91 Å². The average molecular weight is 305 g/mol. The quantitative estimate of drug-likeness (QED) is 0.840. The summed E-state index contributed by atoms with van der Waals surface area (Å²) < 4.78 is 0. The van der Waals surface area contributed by atoms with E-state index in [4.69, 9.17) is 11.6 Å². The molecule has 1 aromatic carbocycles. The number of alkyl halides is 1. The van der Waals surface area contributed by atoms with Crippen LogP contribution in [-0.4, -0.2) is 10.7 Å². The van der Waals surface area contributed by atoms with E-state index in [2.05, 4.69) is 21.2 Å². The van der Waals surface area contributed by atoms with Crippen LogP contribution in [0.25, 0.3) is 0 Å². The minimum absolute atomic E-state index is 0.0687. The number of carbonyl (C=O) groups excluding carboxylic acids is 1. The molecule has 0 fully saturated rings. The average Bonchev–Trinajstić information content (AvgIpc) is 2.20. The summed E-state index contributed by atoms with van der Waals surface area (Å²) in [5, 5.41) is 3.37. The molecule has 0 aliphatic heterocycles. The summed E-state index contributed by atoms with van der Waals surface area (Å²) in [7, 11) is 0. The van der Waals surface area contributed by atoms with Crippen molar-refractivity contribution in [3.63, 3.8) is 0 Å². The van der Waals surface area contributed by atoms with Crippen LogP contribution in [-0.2, 0) is 4.79 Å². The van der Waals surface area contributed by atoms with Gasteiger partial charge in [-0.15, -0.1) is 0 Å². The van der Waals surface area contributed by atoms with E-state index in [0.717, 1.165) is 5.56 Å².